The molecule has 1 aromatic rings. The fourth-order valence-corrected chi connectivity index (χ4v) is 1.02. The fourth-order valence-electron chi connectivity index (χ4n) is 0.979. The zero-order valence-corrected chi connectivity index (χ0v) is 8.51. The standard InChI is InChI=1S/C9H11N3OS/c1-6(11-12-9(10)14)7-4-2-3-5-8(7)13/h2-5,13H,1H3,(H3,10,12,14)/b11-6+. The normalized spacial score (nSPS) is 11.1. The Morgan fingerprint density at radius 1 is 1.50 bits per heavy atom. The van der Waals surface area contributed by atoms with Crippen LogP contribution in [0.5, 0.6) is 5.75 Å². The lowest BCUT2D eigenvalue weighted by Gasteiger charge is -2.03. The van der Waals surface area contributed by atoms with Crippen LogP contribution in [0.3, 0.4) is 0 Å². The summed E-state index contributed by atoms with van der Waals surface area (Å²) in [6.45, 7) is 1.75. The maximum atomic E-state index is 9.47. The van der Waals surface area contributed by atoms with Crippen LogP contribution >= 0.6 is 12.2 Å². The van der Waals surface area contributed by atoms with E-state index in [4.69, 9.17) is 5.73 Å². The van der Waals surface area contributed by atoms with Crippen LogP contribution in [0.4, 0.5) is 0 Å². The molecule has 0 amide bonds. The fraction of sp³-hybridized carbons (Fsp3) is 0.111. The third-order valence-corrected chi connectivity index (χ3v) is 1.72. The number of rotatable bonds is 2. The average molecular weight is 209 g/mol. The Labute approximate surface area is 87.4 Å². The number of nitrogens with one attached hydrogen (secondary N) is 1. The summed E-state index contributed by atoms with van der Waals surface area (Å²) in [5.41, 5.74) is 8.94. The van der Waals surface area contributed by atoms with E-state index in [2.05, 4.69) is 22.7 Å². The Kier molecular flexibility index (Phi) is 3.41. The number of nitrogens with two attached hydrogens (primary N) is 1. The monoisotopic (exact) mass is 209 g/mol. The molecule has 74 valence electrons. The maximum Gasteiger partial charge on any atom is 0.184 e. The maximum absolute atomic E-state index is 9.47. The lowest BCUT2D eigenvalue weighted by Crippen LogP contribution is -2.25. The summed E-state index contributed by atoms with van der Waals surface area (Å²) in [5, 5.41) is 13.5. The van der Waals surface area contributed by atoms with E-state index in [0.717, 1.165) is 0 Å². The number of benzene rings is 1. The molecule has 5 heteroatoms. The molecule has 0 aromatic heterocycles. The molecule has 0 aliphatic rings. The summed E-state index contributed by atoms with van der Waals surface area (Å²) in [5.74, 6) is 0.179. The van der Waals surface area contributed by atoms with Gasteiger partial charge in [0, 0.05) is 5.56 Å². The number of aromatic hydroxyl groups is 1. The highest BCUT2D eigenvalue weighted by atomic mass is 32.1. The Balaban J connectivity index is 2.89. The van der Waals surface area contributed by atoms with Crippen molar-refractivity contribution in [3.63, 3.8) is 0 Å². The van der Waals surface area contributed by atoms with Gasteiger partial charge in [0.2, 0.25) is 0 Å². The van der Waals surface area contributed by atoms with Crippen molar-refractivity contribution in [2.24, 2.45) is 10.8 Å². The van der Waals surface area contributed by atoms with E-state index in [1.54, 1.807) is 25.1 Å². The highest BCUT2D eigenvalue weighted by Gasteiger charge is 2.02. The minimum Gasteiger partial charge on any atom is -0.507 e. The summed E-state index contributed by atoms with van der Waals surface area (Å²) in [4.78, 5) is 0. The van der Waals surface area contributed by atoms with Crippen LogP contribution in [0.2, 0.25) is 0 Å². The van der Waals surface area contributed by atoms with E-state index in [-0.39, 0.29) is 10.9 Å². The molecule has 0 saturated carbocycles. The van der Waals surface area contributed by atoms with Crippen molar-refractivity contribution < 1.29 is 5.11 Å². The van der Waals surface area contributed by atoms with Gasteiger partial charge in [-0.3, -0.25) is 5.43 Å². The summed E-state index contributed by atoms with van der Waals surface area (Å²) >= 11 is 4.59. The lowest BCUT2D eigenvalue weighted by atomic mass is 10.1. The van der Waals surface area contributed by atoms with Crippen molar-refractivity contribution in [1.82, 2.24) is 5.43 Å². The van der Waals surface area contributed by atoms with Gasteiger partial charge in [0.25, 0.3) is 0 Å². The van der Waals surface area contributed by atoms with Crippen molar-refractivity contribution in [2.45, 2.75) is 6.92 Å². The summed E-state index contributed by atoms with van der Waals surface area (Å²) in [6, 6.07) is 6.91. The molecule has 0 spiro atoms. The summed E-state index contributed by atoms with van der Waals surface area (Å²) in [7, 11) is 0. The van der Waals surface area contributed by atoms with Gasteiger partial charge in [0.15, 0.2) is 5.11 Å². The first-order valence-electron chi connectivity index (χ1n) is 3.99. The molecule has 1 rings (SSSR count). The van der Waals surface area contributed by atoms with Crippen LogP contribution in [-0.2, 0) is 0 Å². The Hall–Kier alpha value is -1.62. The van der Waals surface area contributed by atoms with E-state index in [1.807, 2.05) is 6.07 Å². The first-order valence-corrected chi connectivity index (χ1v) is 4.40. The van der Waals surface area contributed by atoms with Gasteiger partial charge in [0.05, 0.1) is 5.71 Å². The van der Waals surface area contributed by atoms with Crippen LogP contribution in [0.25, 0.3) is 0 Å². The third-order valence-electron chi connectivity index (χ3n) is 1.63. The van der Waals surface area contributed by atoms with Crippen molar-refractivity contribution in [2.75, 3.05) is 0 Å². The highest BCUT2D eigenvalue weighted by molar-refractivity contribution is 7.80. The van der Waals surface area contributed by atoms with Crippen molar-refractivity contribution in [3.05, 3.63) is 29.8 Å². The minimum absolute atomic E-state index is 0.0970. The van der Waals surface area contributed by atoms with Crippen molar-refractivity contribution in [3.8, 4) is 5.75 Å². The van der Waals surface area contributed by atoms with Crippen LogP contribution in [-0.4, -0.2) is 15.9 Å². The minimum atomic E-state index is 0.0970. The molecule has 0 atom stereocenters. The van der Waals surface area contributed by atoms with E-state index >= 15 is 0 Å². The summed E-state index contributed by atoms with van der Waals surface area (Å²) < 4.78 is 0. The molecule has 1 aromatic carbocycles. The molecule has 4 nitrogen and oxygen atoms in total. The topological polar surface area (TPSA) is 70.6 Å². The zero-order valence-electron chi connectivity index (χ0n) is 7.69. The molecule has 0 unspecified atom stereocenters. The van der Waals surface area contributed by atoms with Crippen molar-refractivity contribution in [1.29, 1.82) is 0 Å². The quantitative estimate of drug-likeness (QED) is 0.385. The number of hydrazone groups is 1. The van der Waals surface area contributed by atoms with Gasteiger partial charge in [-0.15, -0.1) is 0 Å². The smallest absolute Gasteiger partial charge is 0.184 e. The second-order valence-electron chi connectivity index (χ2n) is 2.69. The van der Waals surface area contributed by atoms with Gasteiger partial charge in [-0.1, -0.05) is 12.1 Å². The Morgan fingerprint density at radius 2 is 2.14 bits per heavy atom. The van der Waals surface area contributed by atoms with Gasteiger partial charge in [-0.2, -0.15) is 5.10 Å². The number of phenolic OH excluding ortho intramolecular Hbond substituents is 1. The molecule has 0 heterocycles. The SMILES string of the molecule is C/C(=N\NC(N)=S)c1ccccc1O. The zero-order chi connectivity index (χ0) is 10.6. The number of para-hydroxylation sites is 1. The number of nitrogens with zero attached hydrogens (tertiary/aromatic N) is 1. The second-order valence-corrected chi connectivity index (χ2v) is 3.13. The average Bonchev–Trinajstić information content (AvgIpc) is 2.15. The largest absolute Gasteiger partial charge is 0.507 e. The van der Waals surface area contributed by atoms with Gasteiger partial charge in [0.1, 0.15) is 5.75 Å². The van der Waals surface area contributed by atoms with Crippen LogP contribution < -0.4 is 11.2 Å². The molecule has 4 N–H and O–H groups in total. The number of phenols is 1. The van der Waals surface area contributed by atoms with Crippen molar-refractivity contribution >= 4 is 23.0 Å². The molecule has 0 aliphatic carbocycles. The van der Waals surface area contributed by atoms with Gasteiger partial charge < -0.3 is 10.8 Å². The predicted octanol–water partition coefficient (Wildman–Crippen LogP) is 0.949. The molecule has 0 fully saturated rings. The van der Waals surface area contributed by atoms with Gasteiger partial charge >= 0.3 is 0 Å². The first-order chi connectivity index (χ1) is 6.61. The number of hydrogen-bond donors (Lipinski definition) is 3. The Bertz CT molecular complexity index is 376. The molecular formula is C9H11N3OS. The summed E-state index contributed by atoms with van der Waals surface area (Å²) in [6.07, 6.45) is 0. The second kappa shape index (κ2) is 4.57. The molecular weight excluding hydrogens is 198 g/mol. The lowest BCUT2D eigenvalue weighted by molar-refractivity contribution is 0.474. The van der Waals surface area contributed by atoms with E-state index < -0.39 is 0 Å². The van der Waals surface area contributed by atoms with Gasteiger partial charge in [-0.05, 0) is 31.3 Å². The number of hydrogen-bond acceptors (Lipinski definition) is 3. The number of thiocarbonyl (C=S) groups is 1. The molecule has 14 heavy (non-hydrogen) atoms. The molecule has 0 bridgehead atoms. The molecule has 0 saturated heterocycles. The first kappa shape index (κ1) is 10.5. The van der Waals surface area contributed by atoms with E-state index in [0.29, 0.717) is 11.3 Å². The molecule has 0 aliphatic heterocycles. The Morgan fingerprint density at radius 3 is 2.71 bits per heavy atom. The van der Waals surface area contributed by atoms with E-state index in [1.165, 1.54) is 0 Å². The molecule has 0 radical (unpaired) electrons. The van der Waals surface area contributed by atoms with Crippen LogP contribution in [0, 0.1) is 0 Å². The third kappa shape index (κ3) is 2.70. The van der Waals surface area contributed by atoms with Crippen LogP contribution in [0.1, 0.15) is 12.5 Å². The highest BCUT2D eigenvalue weighted by Crippen LogP contribution is 2.15. The van der Waals surface area contributed by atoms with E-state index in [9.17, 15) is 5.11 Å². The van der Waals surface area contributed by atoms with Gasteiger partial charge in [-0.25, -0.2) is 0 Å². The predicted molar refractivity (Wildman–Crippen MR) is 60.2 cm³/mol. The van der Waals surface area contributed by atoms with Crippen LogP contribution in [0.15, 0.2) is 29.4 Å².